The number of hydrogen-bond acceptors (Lipinski definition) is 4. The van der Waals surface area contributed by atoms with Crippen molar-refractivity contribution in [1.29, 1.82) is 0 Å². The van der Waals surface area contributed by atoms with Crippen molar-refractivity contribution in [1.82, 2.24) is 4.90 Å². The summed E-state index contributed by atoms with van der Waals surface area (Å²) >= 11 is 1.29. The number of amides is 1. The van der Waals surface area contributed by atoms with Crippen molar-refractivity contribution in [2.24, 2.45) is 4.40 Å². The van der Waals surface area contributed by atoms with Crippen LogP contribution in [0.1, 0.15) is 45.4 Å². The van der Waals surface area contributed by atoms with Gasteiger partial charge in [0, 0.05) is 6.04 Å². The first-order chi connectivity index (χ1) is 11.5. The van der Waals surface area contributed by atoms with Gasteiger partial charge in [0.1, 0.15) is 0 Å². The molecule has 0 aromatic heterocycles. The maximum absolute atomic E-state index is 12.7. The van der Waals surface area contributed by atoms with Crippen molar-refractivity contribution < 1.29 is 13.2 Å². The van der Waals surface area contributed by atoms with E-state index in [2.05, 4.69) is 4.40 Å². The van der Waals surface area contributed by atoms with Crippen LogP contribution in [0.4, 0.5) is 0 Å². The second-order valence-electron chi connectivity index (χ2n) is 6.18. The molecule has 2 fully saturated rings. The third kappa shape index (κ3) is 3.52. The van der Waals surface area contributed by atoms with Crippen molar-refractivity contribution in [3.63, 3.8) is 0 Å². The van der Waals surface area contributed by atoms with Gasteiger partial charge in [0.25, 0.3) is 10.0 Å². The predicted octanol–water partition coefficient (Wildman–Crippen LogP) is 3.42. The number of carbonyl (C=O) groups excluding carboxylic acids is 1. The molecule has 1 saturated heterocycles. The summed E-state index contributed by atoms with van der Waals surface area (Å²) in [6, 6.07) is 8.26. The molecule has 1 aliphatic heterocycles. The fraction of sp³-hybridized carbons (Fsp3) is 0.529. The van der Waals surface area contributed by atoms with Crippen molar-refractivity contribution >= 4 is 32.9 Å². The van der Waals surface area contributed by atoms with E-state index in [4.69, 9.17) is 0 Å². The zero-order chi connectivity index (χ0) is 17.2. The van der Waals surface area contributed by atoms with Crippen LogP contribution in [0.15, 0.2) is 39.6 Å². The molecule has 5 nitrogen and oxygen atoms in total. The molecule has 7 heteroatoms. The highest BCUT2D eigenvalue weighted by molar-refractivity contribution is 8.16. The maximum Gasteiger partial charge on any atom is 0.284 e. The minimum Gasteiger partial charge on any atom is -0.287 e. The molecule has 2 aliphatic rings. The third-order valence-electron chi connectivity index (χ3n) is 4.52. The zero-order valence-corrected chi connectivity index (χ0v) is 15.4. The van der Waals surface area contributed by atoms with Crippen LogP contribution in [-0.4, -0.2) is 35.7 Å². The number of thioether (sulfide) groups is 1. The van der Waals surface area contributed by atoms with E-state index in [1.54, 1.807) is 23.1 Å². The van der Waals surface area contributed by atoms with Gasteiger partial charge in [-0.15, -0.1) is 4.40 Å². The molecule has 1 saturated carbocycles. The van der Waals surface area contributed by atoms with Gasteiger partial charge in [-0.3, -0.25) is 9.69 Å². The molecule has 1 atom stereocenters. The van der Waals surface area contributed by atoms with E-state index >= 15 is 0 Å². The Hall–Kier alpha value is -1.34. The Balaban J connectivity index is 1.95. The average Bonchev–Trinajstić information content (AvgIpc) is 2.91. The summed E-state index contributed by atoms with van der Waals surface area (Å²) in [6.07, 6.45) is 5.86. The van der Waals surface area contributed by atoms with Crippen molar-refractivity contribution in [2.75, 3.05) is 0 Å². The van der Waals surface area contributed by atoms with Gasteiger partial charge in [0.05, 0.1) is 10.1 Å². The predicted molar refractivity (Wildman–Crippen MR) is 96.5 cm³/mol. The maximum atomic E-state index is 12.7. The van der Waals surface area contributed by atoms with Gasteiger partial charge in [-0.1, -0.05) is 56.1 Å². The summed E-state index contributed by atoms with van der Waals surface area (Å²) in [7, 11) is -3.80. The smallest absolute Gasteiger partial charge is 0.284 e. The molecule has 1 aromatic rings. The molecule has 0 N–H and O–H groups in total. The Morgan fingerprint density at radius 1 is 1.17 bits per heavy atom. The van der Waals surface area contributed by atoms with Crippen molar-refractivity contribution in [3.05, 3.63) is 30.3 Å². The lowest BCUT2D eigenvalue weighted by atomic mass is 9.94. The van der Waals surface area contributed by atoms with Gasteiger partial charge < -0.3 is 0 Å². The third-order valence-corrected chi connectivity index (χ3v) is 7.23. The van der Waals surface area contributed by atoms with E-state index in [1.807, 2.05) is 6.92 Å². The Labute approximate surface area is 147 Å². The minimum atomic E-state index is -3.80. The van der Waals surface area contributed by atoms with Gasteiger partial charge in [-0.25, -0.2) is 0 Å². The quantitative estimate of drug-likeness (QED) is 0.819. The lowest BCUT2D eigenvalue weighted by molar-refractivity contribution is -0.128. The SMILES string of the molecule is CCC1SC(=NS(=O)(=O)c2ccccc2)N(C2CCCCC2)C1=O. The zero-order valence-electron chi connectivity index (χ0n) is 13.7. The fourth-order valence-corrected chi connectivity index (χ4v) is 5.59. The number of sulfonamides is 1. The normalized spacial score (nSPS) is 24.7. The van der Waals surface area contributed by atoms with Gasteiger partial charge >= 0.3 is 0 Å². The Morgan fingerprint density at radius 2 is 1.83 bits per heavy atom. The monoisotopic (exact) mass is 366 g/mol. The summed E-state index contributed by atoms with van der Waals surface area (Å²) in [5.41, 5.74) is 0. The van der Waals surface area contributed by atoms with Crippen molar-refractivity contribution in [3.8, 4) is 0 Å². The number of rotatable bonds is 4. The van der Waals surface area contributed by atoms with Crippen LogP contribution >= 0.6 is 11.8 Å². The van der Waals surface area contributed by atoms with Crippen LogP contribution in [0, 0.1) is 0 Å². The van der Waals surface area contributed by atoms with E-state index in [-0.39, 0.29) is 22.1 Å². The molecule has 1 aliphatic carbocycles. The topological polar surface area (TPSA) is 66.8 Å². The molecule has 0 bridgehead atoms. The van der Waals surface area contributed by atoms with Crippen LogP contribution in [0.2, 0.25) is 0 Å². The Bertz CT molecular complexity index is 725. The number of hydrogen-bond donors (Lipinski definition) is 0. The largest absolute Gasteiger partial charge is 0.287 e. The van der Waals surface area contributed by atoms with E-state index in [1.165, 1.54) is 30.3 Å². The molecule has 1 amide bonds. The van der Waals surface area contributed by atoms with Crippen LogP contribution in [0.5, 0.6) is 0 Å². The highest BCUT2D eigenvalue weighted by Gasteiger charge is 2.42. The Kier molecular flexibility index (Phi) is 5.30. The Morgan fingerprint density at radius 3 is 2.46 bits per heavy atom. The summed E-state index contributed by atoms with van der Waals surface area (Å²) < 4.78 is 29.2. The number of carbonyl (C=O) groups is 1. The lowest BCUT2D eigenvalue weighted by Gasteiger charge is -2.30. The molecule has 0 radical (unpaired) electrons. The highest BCUT2D eigenvalue weighted by Crippen LogP contribution is 2.36. The second kappa shape index (κ2) is 7.27. The van der Waals surface area contributed by atoms with Gasteiger partial charge in [-0.05, 0) is 31.4 Å². The van der Waals surface area contributed by atoms with Gasteiger partial charge in [0.2, 0.25) is 5.91 Å². The molecule has 1 aromatic carbocycles. The summed E-state index contributed by atoms with van der Waals surface area (Å²) in [6.45, 7) is 1.95. The molecule has 1 heterocycles. The fourth-order valence-electron chi connectivity index (χ4n) is 3.23. The molecule has 1 unspecified atom stereocenters. The molecule has 0 spiro atoms. The summed E-state index contributed by atoms with van der Waals surface area (Å²) in [4.78, 5) is 14.5. The van der Waals surface area contributed by atoms with Crippen LogP contribution < -0.4 is 0 Å². The second-order valence-corrected chi connectivity index (χ2v) is 8.95. The van der Waals surface area contributed by atoms with Crippen molar-refractivity contribution in [2.45, 2.75) is 61.6 Å². The summed E-state index contributed by atoms with van der Waals surface area (Å²) in [5, 5.41) is 0.124. The van der Waals surface area contributed by atoms with E-state index in [0.717, 1.165) is 25.7 Å². The first-order valence-corrected chi connectivity index (χ1v) is 10.7. The minimum absolute atomic E-state index is 0.0106. The van der Waals surface area contributed by atoms with Crippen LogP contribution in [-0.2, 0) is 14.8 Å². The van der Waals surface area contributed by atoms with Crippen LogP contribution in [0.25, 0.3) is 0 Å². The van der Waals surface area contributed by atoms with Gasteiger partial charge in [0.15, 0.2) is 5.17 Å². The van der Waals surface area contributed by atoms with E-state index in [0.29, 0.717) is 11.6 Å². The molecular weight excluding hydrogens is 344 g/mol. The number of nitrogens with zero attached hydrogens (tertiary/aromatic N) is 2. The standard InChI is InChI=1S/C17H22N2O3S2/c1-2-15-16(20)19(13-9-5-3-6-10-13)17(23-15)18-24(21,22)14-11-7-4-8-12-14/h4,7-8,11-13,15H,2-3,5-6,9-10H2,1H3. The first-order valence-electron chi connectivity index (χ1n) is 8.42. The first kappa shape index (κ1) is 17.5. The number of amidine groups is 1. The average molecular weight is 367 g/mol. The molecule has 3 rings (SSSR count). The summed E-state index contributed by atoms with van der Waals surface area (Å²) in [5.74, 6) is 0.0106. The molecular formula is C17H22N2O3S2. The molecule has 24 heavy (non-hydrogen) atoms. The lowest BCUT2D eigenvalue weighted by Crippen LogP contribution is -2.42. The molecule has 130 valence electrons. The van der Waals surface area contributed by atoms with Crippen LogP contribution in [0.3, 0.4) is 0 Å². The van der Waals surface area contributed by atoms with Gasteiger partial charge in [-0.2, -0.15) is 8.42 Å². The van der Waals surface area contributed by atoms with E-state index < -0.39 is 10.0 Å². The number of benzene rings is 1. The van der Waals surface area contributed by atoms with E-state index in [9.17, 15) is 13.2 Å². The highest BCUT2D eigenvalue weighted by atomic mass is 32.2.